The van der Waals surface area contributed by atoms with Crippen molar-refractivity contribution < 1.29 is 0 Å². The van der Waals surface area contributed by atoms with Gasteiger partial charge in [-0.2, -0.15) is 0 Å². The Morgan fingerprint density at radius 2 is 1.68 bits per heavy atom. The molecule has 0 aliphatic heterocycles. The Balaban J connectivity index is 1.75. The molecule has 0 radical (unpaired) electrons. The summed E-state index contributed by atoms with van der Waals surface area (Å²) in [5.41, 5.74) is 8.40. The standard InChI is InChI=1S/C15H14Cl2N2/c16-12-6-10(18)7-13(17)15(12)19-14-8-11(14)9-4-2-1-3-5-9/h1-7,11,14,19H,8,18H2. The van der Waals surface area contributed by atoms with Crippen LogP contribution >= 0.6 is 23.2 Å². The zero-order valence-corrected chi connectivity index (χ0v) is 11.7. The minimum atomic E-state index is 0.390. The van der Waals surface area contributed by atoms with Gasteiger partial charge in [-0.3, -0.25) is 0 Å². The predicted octanol–water partition coefficient (Wildman–Crippen LogP) is 4.54. The lowest BCUT2D eigenvalue weighted by Crippen LogP contribution is -2.05. The van der Waals surface area contributed by atoms with E-state index in [9.17, 15) is 0 Å². The smallest absolute Gasteiger partial charge is 0.0722 e. The SMILES string of the molecule is Nc1cc(Cl)c(NC2CC2c2ccccc2)c(Cl)c1. The molecule has 3 rings (SSSR count). The van der Waals surface area contributed by atoms with Gasteiger partial charge in [-0.15, -0.1) is 0 Å². The van der Waals surface area contributed by atoms with E-state index in [1.54, 1.807) is 12.1 Å². The molecule has 0 aromatic heterocycles. The van der Waals surface area contributed by atoms with Crippen LogP contribution in [0.15, 0.2) is 42.5 Å². The van der Waals surface area contributed by atoms with Crippen molar-refractivity contribution in [2.24, 2.45) is 0 Å². The maximum absolute atomic E-state index is 6.17. The molecule has 0 bridgehead atoms. The van der Waals surface area contributed by atoms with Gasteiger partial charge in [0.25, 0.3) is 0 Å². The lowest BCUT2D eigenvalue weighted by Gasteiger charge is -2.11. The molecule has 1 saturated carbocycles. The van der Waals surface area contributed by atoms with Gasteiger partial charge in [-0.1, -0.05) is 53.5 Å². The van der Waals surface area contributed by atoms with E-state index >= 15 is 0 Å². The lowest BCUT2D eigenvalue weighted by molar-refractivity contribution is 1.05. The molecule has 2 aromatic rings. The zero-order valence-electron chi connectivity index (χ0n) is 10.2. The number of nitrogens with one attached hydrogen (secondary N) is 1. The second-order valence-corrected chi connectivity index (χ2v) is 5.68. The third-order valence-electron chi connectivity index (χ3n) is 3.41. The third kappa shape index (κ3) is 2.65. The molecule has 1 fully saturated rings. The molecule has 3 N–H and O–H groups in total. The van der Waals surface area contributed by atoms with Gasteiger partial charge in [0, 0.05) is 17.6 Å². The summed E-state index contributed by atoms with van der Waals surface area (Å²) in [5, 5.41) is 4.55. The molecule has 0 amide bonds. The Kier molecular flexibility index (Phi) is 3.29. The summed E-state index contributed by atoms with van der Waals surface area (Å²) in [4.78, 5) is 0. The van der Waals surface area contributed by atoms with Crippen molar-refractivity contribution in [3.63, 3.8) is 0 Å². The van der Waals surface area contributed by atoms with Gasteiger partial charge < -0.3 is 11.1 Å². The first-order valence-corrected chi connectivity index (χ1v) is 6.97. The summed E-state index contributed by atoms with van der Waals surface area (Å²) in [6.45, 7) is 0. The Hall–Kier alpha value is -1.38. The summed E-state index contributed by atoms with van der Waals surface area (Å²) in [6, 6.07) is 14.3. The Morgan fingerprint density at radius 1 is 1.05 bits per heavy atom. The summed E-state index contributed by atoms with van der Waals surface area (Å²) < 4.78 is 0. The molecular weight excluding hydrogens is 279 g/mol. The van der Waals surface area contributed by atoms with Crippen LogP contribution in [-0.2, 0) is 0 Å². The third-order valence-corrected chi connectivity index (χ3v) is 4.01. The number of nitrogen functional groups attached to an aromatic ring is 1. The highest BCUT2D eigenvalue weighted by Gasteiger charge is 2.38. The van der Waals surface area contributed by atoms with E-state index in [4.69, 9.17) is 28.9 Å². The molecule has 1 aliphatic carbocycles. The minimum absolute atomic E-state index is 0.390. The Morgan fingerprint density at radius 3 is 2.32 bits per heavy atom. The molecule has 0 saturated heterocycles. The summed E-state index contributed by atoms with van der Waals surface area (Å²) in [6.07, 6.45) is 1.10. The molecule has 98 valence electrons. The predicted molar refractivity (Wildman–Crippen MR) is 82.1 cm³/mol. The maximum atomic E-state index is 6.17. The van der Waals surface area contributed by atoms with Crippen LogP contribution < -0.4 is 11.1 Å². The van der Waals surface area contributed by atoms with Crippen LogP contribution in [0, 0.1) is 0 Å². The first kappa shape index (κ1) is 12.6. The van der Waals surface area contributed by atoms with Gasteiger partial charge in [0.2, 0.25) is 0 Å². The molecule has 4 heteroatoms. The number of rotatable bonds is 3. The second-order valence-electron chi connectivity index (χ2n) is 4.86. The largest absolute Gasteiger partial charge is 0.399 e. The van der Waals surface area contributed by atoms with Crippen molar-refractivity contribution in [2.45, 2.75) is 18.4 Å². The number of benzene rings is 2. The van der Waals surface area contributed by atoms with Crippen LogP contribution in [0.4, 0.5) is 11.4 Å². The van der Waals surface area contributed by atoms with E-state index in [-0.39, 0.29) is 0 Å². The highest BCUT2D eigenvalue weighted by Crippen LogP contribution is 2.45. The van der Waals surface area contributed by atoms with Gasteiger partial charge in [-0.25, -0.2) is 0 Å². The van der Waals surface area contributed by atoms with E-state index in [2.05, 4.69) is 29.6 Å². The molecule has 0 spiro atoms. The fourth-order valence-electron chi connectivity index (χ4n) is 2.34. The van der Waals surface area contributed by atoms with Crippen LogP contribution in [0.25, 0.3) is 0 Å². The summed E-state index contributed by atoms with van der Waals surface area (Å²) in [5.74, 6) is 0.533. The van der Waals surface area contributed by atoms with Gasteiger partial charge in [-0.05, 0) is 24.1 Å². The molecule has 2 nitrogen and oxygen atoms in total. The van der Waals surface area contributed by atoms with E-state index in [0.29, 0.717) is 27.7 Å². The summed E-state index contributed by atoms with van der Waals surface area (Å²) >= 11 is 12.3. The van der Waals surface area contributed by atoms with Gasteiger partial charge >= 0.3 is 0 Å². The van der Waals surface area contributed by atoms with Crippen molar-refractivity contribution in [1.82, 2.24) is 0 Å². The van der Waals surface area contributed by atoms with Gasteiger partial charge in [0.15, 0.2) is 0 Å². The van der Waals surface area contributed by atoms with Crippen molar-refractivity contribution >= 4 is 34.6 Å². The molecule has 2 atom stereocenters. The van der Waals surface area contributed by atoms with Crippen LogP contribution in [-0.4, -0.2) is 6.04 Å². The van der Waals surface area contributed by atoms with Crippen molar-refractivity contribution in [3.8, 4) is 0 Å². The van der Waals surface area contributed by atoms with E-state index in [0.717, 1.165) is 12.1 Å². The number of hydrogen-bond donors (Lipinski definition) is 2. The fraction of sp³-hybridized carbons (Fsp3) is 0.200. The molecular formula is C15H14Cl2N2. The number of anilines is 2. The monoisotopic (exact) mass is 292 g/mol. The number of nitrogens with two attached hydrogens (primary N) is 1. The van der Waals surface area contributed by atoms with E-state index in [1.165, 1.54) is 5.56 Å². The average molecular weight is 293 g/mol. The van der Waals surface area contributed by atoms with E-state index in [1.807, 2.05) is 6.07 Å². The average Bonchev–Trinajstić information content (AvgIpc) is 3.14. The highest BCUT2D eigenvalue weighted by molar-refractivity contribution is 6.39. The number of hydrogen-bond acceptors (Lipinski definition) is 2. The molecule has 19 heavy (non-hydrogen) atoms. The second kappa shape index (κ2) is 4.95. The Labute approximate surface area is 122 Å². The van der Waals surface area contributed by atoms with Crippen LogP contribution in [0.3, 0.4) is 0 Å². The first-order valence-electron chi connectivity index (χ1n) is 6.21. The normalized spacial score (nSPS) is 21.2. The van der Waals surface area contributed by atoms with Crippen molar-refractivity contribution in [1.29, 1.82) is 0 Å². The zero-order chi connectivity index (χ0) is 13.4. The van der Waals surface area contributed by atoms with Crippen LogP contribution in [0.1, 0.15) is 17.9 Å². The topological polar surface area (TPSA) is 38.0 Å². The molecule has 0 heterocycles. The van der Waals surface area contributed by atoms with E-state index < -0.39 is 0 Å². The van der Waals surface area contributed by atoms with Gasteiger partial charge in [0.1, 0.15) is 0 Å². The van der Waals surface area contributed by atoms with Crippen LogP contribution in [0.5, 0.6) is 0 Å². The van der Waals surface area contributed by atoms with Crippen LogP contribution in [0.2, 0.25) is 10.0 Å². The molecule has 2 aromatic carbocycles. The lowest BCUT2D eigenvalue weighted by atomic mass is 10.1. The first-order chi connectivity index (χ1) is 9.15. The fourth-order valence-corrected chi connectivity index (χ4v) is 2.95. The molecule has 2 unspecified atom stereocenters. The number of halogens is 2. The van der Waals surface area contributed by atoms with Crippen molar-refractivity contribution in [2.75, 3.05) is 11.1 Å². The summed E-state index contributed by atoms with van der Waals surface area (Å²) in [7, 11) is 0. The maximum Gasteiger partial charge on any atom is 0.0722 e. The van der Waals surface area contributed by atoms with Gasteiger partial charge in [0.05, 0.1) is 15.7 Å². The van der Waals surface area contributed by atoms with Crippen molar-refractivity contribution in [3.05, 3.63) is 58.1 Å². The highest BCUT2D eigenvalue weighted by atomic mass is 35.5. The minimum Gasteiger partial charge on any atom is -0.399 e. The molecule has 1 aliphatic rings. The Bertz CT molecular complexity index is 575. The quantitative estimate of drug-likeness (QED) is 0.815.